The van der Waals surface area contributed by atoms with Gasteiger partial charge in [0.25, 0.3) is 0 Å². The molecule has 0 fully saturated rings. The average Bonchev–Trinajstić information content (AvgIpc) is 2.77. The lowest BCUT2D eigenvalue weighted by atomic mass is 9.89. The van der Waals surface area contributed by atoms with Crippen molar-refractivity contribution in [2.24, 2.45) is 5.16 Å². The Bertz CT molecular complexity index is 952. The number of nitrogens with zero attached hydrogens (tertiary/aromatic N) is 1. The molecule has 0 atom stereocenters. The van der Waals surface area contributed by atoms with Gasteiger partial charge in [0.2, 0.25) is 0 Å². The van der Waals surface area contributed by atoms with Gasteiger partial charge in [0.05, 0.1) is 5.71 Å². The predicted octanol–water partition coefficient (Wildman–Crippen LogP) is 5.36. The number of benzene rings is 3. The molecule has 0 amide bonds. The van der Waals surface area contributed by atoms with Gasteiger partial charge in [-0.25, -0.2) is 0 Å². The van der Waals surface area contributed by atoms with Crippen molar-refractivity contribution < 1.29 is 14.7 Å². The van der Waals surface area contributed by atoms with E-state index in [1.165, 1.54) is 0 Å². The number of oxime groups is 1. The van der Waals surface area contributed by atoms with E-state index in [0.29, 0.717) is 18.9 Å². The maximum Gasteiger partial charge on any atom is 0.165 e. The Kier molecular flexibility index (Phi) is 5.57. The summed E-state index contributed by atoms with van der Waals surface area (Å²) in [7, 11) is 0. The van der Waals surface area contributed by atoms with Crippen LogP contribution in [0.3, 0.4) is 0 Å². The summed E-state index contributed by atoms with van der Waals surface area (Å²) in [6, 6.07) is 24.0. The van der Waals surface area contributed by atoms with Crippen LogP contribution in [0.1, 0.15) is 35.1 Å². The Morgan fingerprint density at radius 1 is 0.750 bits per heavy atom. The Labute approximate surface area is 165 Å². The zero-order valence-electron chi connectivity index (χ0n) is 15.7. The monoisotopic (exact) mass is 373 g/mol. The van der Waals surface area contributed by atoms with Gasteiger partial charge in [-0.05, 0) is 42.5 Å². The van der Waals surface area contributed by atoms with Gasteiger partial charge >= 0.3 is 0 Å². The minimum absolute atomic E-state index is 0.463. The van der Waals surface area contributed by atoms with Crippen molar-refractivity contribution in [3.8, 4) is 11.5 Å². The standard InChI is InChI=1S/C24H23NO3/c26-25-22-13-7-12-21-20(22)14-15-23(27-16-18-8-3-1-4-9-18)24(21)28-17-19-10-5-2-6-11-19/h1-6,8-11,14-15,26H,7,12-13,16-17H2/b25-22-. The second kappa shape index (κ2) is 8.61. The molecule has 0 saturated heterocycles. The highest BCUT2D eigenvalue weighted by molar-refractivity contribution is 6.03. The van der Waals surface area contributed by atoms with Crippen LogP contribution in [-0.4, -0.2) is 10.9 Å². The minimum atomic E-state index is 0.463. The van der Waals surface area contributed by atoms with Crippen LogP contribution in [-0.2, 0) is 19.6 Å². The molecule has 0 heterocycles. The van der Waals surface area contributed by atoms with Crippen LogP contribution in [0, 0.1) is 0 Å². The van der Waals surface area contributed by atoms with Crippen molar-refractivity contribution in [3.05, 3.63) is 95.1 Å². The smallest absolute Gasteiger partial charge is 0.165 e. The summed E-state index contributed by atoms with van der Waals surface area (Å²) >= 11 is 0. The maximum atomic E-state index is 9.37. The van der Waals surface area contributed by atoms with Gasteiger partial charge in [-0.2, -0.15) is 0 Å². The van der Waals surface area contributed by atoms with Crippen LogP contribution in [0.25, 0.3) is 0 Å². The molecule has 1 aliphatic rings. The highest BCUT2D eigenvalue weighted by Crippen LogP contribution is 2.38. The minimum Gasteiger partial charge on any atom is -0.485 e. The lowest BCUT2D eigenvalue weighted by molar-refractivity contribution is 0.253. The third-order valence-corrected chi connectivity index (χ3v) is 4.96. The molecule has 4 nitrogen and oxygen atoms in total. The first-order valence-corrected chi connectivity index (χ1v) is 9.56. The summed E-state index contributed by atoms with van der Waals surface area (Å²) in [5.41, 5.74) is 4.91. The van der Waals surface area contributed by atoms with Gasteiger partial charge in [-0.3, -0.25) is 0 Å². The maximum absolute atomic E-state index is 9.37. The molecule has 142 valence electrons. The molecule has 0 aliphatic heterocycles. The summed E-state index contributed by atoms with van der Waals surface area (Å²) in [5.74, 6) is 1.47. The van der Waals surface area contributed by atoms with Crippen molar-refractivity contribution >= 4 is 5.71 Å². The fourth-order valence-corrected chi connectivity index (χ4v) is 3.53. The molecular weight excluding hydrogens is 350 g/mol. The van der Waals surface area contributed by atoms with Crippen LogP contribution < -0.4 is 9.47 Å². The molecule has 1 aliphatic carbocycles. The van der Waals surface area contributed by atoms with Crippen molar-refractivity contribution in [2.75, 3.05) is 0 Å². The molecule has 1 N–H and O–H groups in total. The molecule has 3 aromatic rings. The highest BCUT2D eigenvalue weighted by atomic mass is 16.5. The van der Waals surface area contributed by atoms with E-state index in [0.717, 1.165) is 53.0 Å². The summed E-state index contributed by atoms with van der Waals surface area (Å²) < 4.78 is 12.4. The summed E-state index contributed by atoms with van der Waals surface area (Å²) in [5, 5.41) is 12.9. The van der Waals surface area contributed by atoms with Crippen molar-refractivity contribution in [2.45, 2.75) is 32.5 Å². The van der Waals surface area contributed by atoms with E-state index in [4.69, 9.17) is 9.47 Å². The Morgan fingerprint density at radius 3 is 2.04 bits per heavy atom. The summed E-state index contributed by atoms with van der Waals surface area (Å²) in [4.78, 5) is 0. The van der Waals surface area contributed by atoms with E-state index in [2.05, 4.69) is 5.16 Å². The predicted molar refractivity (Wildman–Crippen MR) is 109 cm³/mol. The zero-order chi connectivity index (χ0) is 19.2. The van der Waals surface area contributed by atoms with Crippen LogP contribution in [0.5, 0.6) is 11.5 Å². The van der Waals surface area contributed by atoms with Gasteiger partial charge in [-0.1, -0.05) is 65.8 Å². The van der Waals surface area contributed by atoms with E-state index < -0.39 is 0 Å². The fourth-order valence-electron chi connectivity index (χ4n) is 3.53. The Balaban J connectivity index is 1.64. The second-order valence-corrected chi connectivity index (χ2v) is 6.87. The van der Waals surface area contributed by atoms with Gasteiger partial charge in [-0.15, -0.1) is 0 Å². The van der Waals surface area contributed by atoms with Gasteiger partial charge < -0.3 is 14.7 Å². The molecule has 0 unspecified atom stereocenters. The van der Waals surface area contributed by atoms with Gasteiger partial charge in [0.1, 0.15) is 13.2 Å². The molecule has 3 aromatic carbocycles. The van der Waals surface area contributed by atoms with E-state index >= 15 is 0 Å². The Hall–Kier alpha value is -3.27. The van der Waals surface area contributed by atoms with E-state index in [1.807, 2.05) is 72.8 Å². The topological polar surface area (TPSA) is 51.1 Å². The normalized spacial score (nSPS) is 14.5. The summed E-state index contributed by atoms with van der Waals surface area (Å²) in [6.07, 6.45) is 2.57. The van der Waals surface area contributed by atoms with Crippen LogP contribution in [0.4, 0.5) is 0 Å². The number of fused-ring (bicyclic) bond motifs is 1. The van der Waals surface area contributed by atoms with Gasteiger partial charge in [0, 0.05) is 11.1 Å². The molecule has 4 heteroatoms. The molecule has 0 saturated carbocycles. The molecule has 0 radical (unpaired) electrons. The van der Waals surface area contributed by atoms with Crippen LogP contribution in [0.15, 0.2) is 78.0 Å². The highest BCUT2D eigenvalue weighted by Gasteiger charge is 2.23. The first-order chi connectivity index (χ1) is 13.8. The average molecular weight is 373 g/mol. The SMILES string of the molecule is O/N=C1/CCCc2c1ccc(OCc1ccccc1)c2OCc1ccccc1. The second-order valence-electron chi connectivity index (χ2n) is 6.87. The first-order valence-electron chi connectivity index (χ1n) is 9.56. The number of ether oxygens (including phenoxy) is 2. The van der Waals surface area contributed by atoms with Crippen molar-refractivity contribution in [3.63, 3.8) is 0 Å². The lowest BCUT2D eigenvalue weighted by Crippen LogP contribution is -2.14. The van der Waals surface area contributed by atoms with Gasteiger partial charge in [0.15, 0.2) is 11.5 Å². The van der Waals surface area contributed by atoms with Crippen molar-refractivity contribution in [1.82, 2.24) is 0 Å². The first kappa shape index (κ1) is 18.1. The van der Waals surface area contributed by atoms with E-state index in [9.17, 15) is 5.21 Å². The molecule has 0 bridgehead atoms. The van der Waals surface area contributed by atoms with Crippen LogP contribution >= 0.6 is 0 Å². The number of rotatable bonds is 6. The largest absolute Gasteiger partial charge is 0.485 e. The van der Waals surface area contributed by atoms with E-state index in [1.54, 1.807) is 0 Å². The Morgan fingerprint density at radius 2 is 1.39 bits per heavy atom. The van der Waals surface area contributed by atoms with Crippen molar-refractivity contribution in [1.29, 1.82) is 0 Å². The van der Waals surface area contributed by atoms with E-state index in [-0.39, 0.29) is 0 Å². The summed E-state index contributed by atoms with van der Waals surface area (Å²) in [6.45, 7) is 0.937. The lowest BCUT2D eigenvalue weighted by Gasteiger charge is -2.23. The van der Waals surface area contributed by atoms with Crippen LogP contribution in [0.2, 0.25) is 0 Å². The molecular formula is C24H23NO3. The third-order valence-electron chi connectivity index (χ3n) is 4.96. The molecule has 0 aromatic heterocycles. The third kappa shape index (κ3) is 4.01. The zero-order valence-corrected chi connectivity index (χ0v) is 15.7. The fraction of sp³-hybridized carbons (Fsp3) is 0.208. The quantitative estimate of drug-likeness (QED) is 0.467. The molecule has 28 heavy (non-hydrogen) atoms. The molecule has 4 rings (SSSR count). The number of hydrogen-bond acceptors (Lipinski definition) is 4. The molecule has 0 spiro atoms. The number of hydrogen-bond donors (Lipinski definition) is 1.